The van der Waals surface area contributed by atoms with Crippen molar-refractivity contribution >= 4 is 5.91 Å². The van der Waals surface area contributed by atoms with Gasteiger partial charge in [-0.2, -0.15) is 0 Å². The third kappa shape index (κ3) is 4.46. The number of nitrogens with zero attached hydrogens (tertiary/aromatic N) is 2. The van der Waals surface area contributed by atoms with Crippen molar-refractivity contribution in [1.29, 1.82) is 0 Å². The molecule has 1 aromatic carbocycles. The van der Waals surface area contributed by atoms with Crippen LogP contribution in [0.5, 0.6) is 5.75 Å². The van der Waals surface area contributed by atoms with Crippen LogP contribution >= 0.6 is 0 Å². The molecule has 0 bridgehead atoms. The van der Waals surface area contributed by atoms with E-state index in [4.69, 9.17) is 9.47 Å². The maximum absolute atomic E-state index is 13.8. The zero-order valence-corrected chi connectivity index (χ0v) is 18.1. The standard InChI is InChI=1S/C24H36N2O3/c1-28-21-9-7-19(8-10-21)24(13-14-24)23(27)26-15-5-3-4-6-20(26)18-25-16-11-22(29-2)12-17-25/h7-10,20,22H,3-6,11-18H2,1-2H3. The maximum Gasteiger partial charge on any atom is 0.233 e. The van der Waals surface area contributed by atoms with Crippen molar-refractivity contribution in [2.24, 2.45) is 0 Å². The van der Waals surface area contributed by atoms with Gasteiger partial charge in [-0.3, -0.25) is 4.79 Å². The quantitative estimate of drug-likeness (QED) is 0.732. The molecule has 2 aliphatic heterocycles. The number of rotatable bonds is 6. The Morgan fingerprint density at radius 2 is 1.72 bits per heavy atom. The number of ether oxygens (including phenoxy) is 2. The lowest BCUT2D eigenvalue weighted by Gasteiger charge is -2.39. The van der Waals surface area contributed by atoms with E-state index < -0.39 is 0 Å². The van der Waals surface area contributed by atoms with Crippen molar-refractivity contribution in [1.82, 2.24) is 9.80 Å². The highest BCUT2D eigenvalue weighted by atomic mass is 16.5. The van der Waals surface area contributed by atoms with Crippen LogP contribution in [0.2, 0.25) is 0 Å². The monoisotopic (exact) mass is 400 g/mol. The number of carbonyl (C=O) groups excluding carboxylic acids is 1. The van der Waals surface area contributed by atoms with Gasteiger partial charge in [0, 0.05) is 39.3 Å². The first kappa shape index (κ1) is 20.7. The van der Waals surface area contributed by atoms with E-state index >= 15 is 0 Å². The second-order valence-corrected chi connectivity index (χ2v) is 9.05. The number of methoxy groups -OCH3 is 2. The molecule has 3 aliphatic rings. The van der Waals surface area contributed by atoms with Crippen molar-refractivity contribution in [2.45, 2.75) is 68.9 Å². The summed E-state index contributed by atoms with van der Waals surface area (Å²) in [5, 5.41) is 0. The van der Waals surface area contributed by atoms with Crippen molar-refractivity contribution < 1.29 is 14.3 Å². The molecule has 0 N–H and O–H groups in total. The predicted octanol–water partition coefficient (Wildman–Crippen LogP) is 3.61. The zero-order valence-electron chi connectivity index (χ0n) is 18.1. The molecule has 1 aromatic rings. The summed E-state index contributed by atoms with van der Waals surface area (Å²) in [5.41, 5.74) is 0.866. The minimum Gasteiger partial charge on any atom is -0.497 e. The normalized spacial score (nSPS) is 25.4. The van der Waals surface area contributed by atoms with Crippen LogP contribution in [0.3, 0.4) is 0 Å². The van der Waals surface area contributed by atoms with E-state index in [0.29, 0.717) is 18.1 Å². The van der Waals surface area contributed by atoms with Gasteiger partial charge in [0.15, 0.2) is 0 Å². The van der Waals surface area contributed by atoms with Crippen LogP contribution in [0, 0.1) is 0 Å². The van der Waals surface area contributed by atoms with Gasteiger partial charge in [0.05, 0.1) is 18.6 Å². The van der Waals surface area contributed by atoms with Crippen molar-refractivity contribution in [3.05, 3.63) is 29.8 Å². The fourth-order valence-electron chi connectivity index (χ4n) is 5.20. The summed E-state index contributed by atoms with van der Waals surface area (Å²) in [5.74, 6) is 1.21. The molecular weight excluding hydrogens is 364 g/mol. The highest BCUT2D eigenvalue weighted by Crippen LogP contribution is 2.50. The van der Waals surface area contributed by atoms with E-state index in [-0.39, 0.29) is 5.41 Å². The Morgan fingerprint density at radius 1 is 1.00 bits per heavy atom. The van der Waals surface area contributed by atoms with E-state index in [2.05, 4.69) is 21.9 Å². The summed E-state index contributed by atoms with van der Waals surface area (Å²) in [7, 11) is 3.50. The molecule has 1 saturated carbocycles. The summed E-state index contributed by atoms with van der Waals surface area (Å²) in [6, 6.07) is 8.50. The van der Waals surface area contributed by atoms with E-state index in [1.54, 1.807) is 7.11 Å². The molecule has 0 spiro atoms. The number of piperidine rings is 1. The zero-order chi connectivity index (χ0) is 20.3. The van der Waals surface area contributed by atoms with Gasteiger partial charge in [0.1, 0.15) is 5.75 Å². The average Bonchev–Trinajstić information content (AvgIpc) is 3.59. The number of hydrogen-bond donors (Lipinski definition) is 0. The fraction of sp³-hybridized carbons (Fsp3) is 0.708. The second kappa shape index (κ2) is 9.05. The molecule has 3 fully saturated rings. The third-order valence-corrected chi connectivity index (χ3v) is 7.28. The molecule has 160 valence electrons. The molecule has 1 amide bonds. The molecule has 1 unspecified atom stereocenters. The molecule has 0 radical (unpaired) electrons. The molecule has 4 rings (SSSR count). The van der Waals surface area contributed by atoms with Crippen LogP contribution < -0.4 is 4.74 Å². The summed E-state index contributed by atoms with van der Waals surface area (Å²) >= 11 is 0. The van der Waals surface area contributed by atoms with Gasteiger partial charge in [-0.05, 0) is 56.2 Å². The molecule has 1 aliphatic carbocycles. The van der Waals surface area contributed by atoms with Gasteiger partial charge < -0.3 is 19.3 Å². The number of benzene rings is 1. The van der Waals surface area contributed by atoms with Gasteiger partial charge in [-0.15, -0.1) is 0 Å². The van der Waals surface area contributed by atoms with Crippen molar-refractivity contribution in [2.75, 3.05) is 40.4 Å². The average molecular weight is 401 g/mol. The van der Waals surface area contributed by atoms with Gasteiger partial charge in [0.2, 0.25) is 5.91 Å². The number of amides is 1. The Hall–Kier alpha value is -1.59. The van der Waals surface area contributed by atoms with Gasteiger partial charge in [-0.1, -0.05) is 25.0 Å². The summed E-state index contributed by atoms with van der Waals surface area (Å²) < 4.78 is 10.8. The Kier molecular flexibility index (Phi) is 6.45. The maximum atomic E-state index is 13.8. The Balaban J connectivity index is 1.47. The molecule has 2 saturated heterocycles. The van der Waals surface area contributed by atoms with Gasteiger partial charge in [0.25, 0.3) is 0 Å². The number of likely N-dealkylation sites (tertiary alicyclic amines) is 2. The lowest BCUT2D eigenvalue weighted by molar-refractivity contribution is -0.136. The summed E-state index contributed by atoms with van der Waals surface area (Å²) in [4.78, 5) is 18.6. The predicted molar refractivity (Wildman–Crippen MR) is 114 cm³/mol. The van der Waals surface area contributed by atoms with E-state index in [1.807, 2.05) is 19.2 Å². The molecular formula is C24H36N2O3. The topological polar surface area (TPSA) is 42.0 Å². The van der Waals surface area contributed by atoms with Crippen LogP contribution in [0.4, 0.5) is 0 Å². The molecule has 5 heteroatoms. The lowest BCUT2D eigenvalue weighted by atomic mass is 9.93. The highest BCUT2D eigenvalue weighted by molar-refractivity contribution is 5.91. The first-order valence-corrected chi connectivity index (χ1v) is 11.4. The van der Waals surface area contributed by atoms with Crippen LogP contribution in [0.15, 0.2) is 24.3 Å². The Labute approximate surface area is 175 Å². The van der Waals surface area contributed by atoms with E-state index in [0.717, 1.165) is 76.0 Å². The number of carbonyl (C=O) groups is 1. The van der Waals surface area contributed by atoms with E-state index in [9.17, 15) is 4.79 Å². The van der Waals surface area contributed by atoms with Gasteiger partial charge >= 0.3 is 0 Å². The summed E-state index contributed by atoms with van der Waals surface area (Å²) in [6.45, 7) is 4.10. The smallest absolute Gasteiger partial charge is 0.233 e. The first-order chi connectivity index (χ1) is 14.2. The van der Waals surface area contributed by atoms with Crippen LogP contribution in [-0.2, 0) is 14.9 Å². The fourth-order valence-corrected chi connectivity index (χ4v) is 5.20. The molecule has 2 heterocycles. The molecule has 0 aromatic heterocycles. The van der Waals surface area contributed by atoms with Crippen LogP contribution in [0.25, 0.3) is 0 Å². The summed E-state index contributed by atoms with van der Waals surface area (Å²) in [6.07, 6.45) is 9.30. The third-order valence-electron chi connectivity index (χ3n) is 7.28. The molecule has 1 atom stereocenters. The van der Waals surface area contributed by atoms with Gasteiger partial charge in [-0.25, -0.2) is 0 Å². The number of hydrogen-bond acceptors (Lipinski definition) is 4. The SMILES string of the molecule is COc1ccc(C2(C(=O)N3CCCCCC3CN3CCC(OC)CC3)CC2)cc1. The largest absolute Gasteiger partial charge is 0.497 e. The Morgan fingerprint density at radius 3 is 2.34 bits per heavy atom. The van der Waals surface area contributed by atoms with Crippen molar-refractivity contribution in [3.63, 3.8) is 0 Å². The lowest BCUT2D eigenvalue weighted by Crippen LogP contribution is -2.51. The minimum absolute atomic E-state index is 0.294. The van der Waals surface area contributed by atoms with Crippen LogP contribution in [-0.4, -0.2) is 68.3 Å². The minimum atomic E-state index is -0.294. The first-order valence-electron chi connectivity index (χ1n) is 11.4. The van der Waals surface area contributed by atoms with Crippen LogP contribution in [0.1, 0.15) is 56.9 Å². The molecule has 29 heavy (non-hydrogen) atoms. The van der Waals surface area contributed by atoms with E-state index in [1.165, 1.54) is 12.8 Å². The second-order valence-electron chi connectivity index (χ2n) is 9.05. The molecule has 5 nitrogen and oxygen atoms in total. The highest BCUT2D eigenvalue weighted by Gasteiger charge is 2.53. The van der Waals surface area contributed by atoms with Crippen molar-refractivity contribution in [3.8, 4) is 5.75 Å². The Bertz CT molecular complexity index is 678.